The highest BCUT2D eigenvalue weighted by atomic mass is 127. The van der Waals surface area contributed by atoms with E-state index >= 15 is 0 Å². The van der Waals surface area contributed by atoms with Crippen molar-refractivity contribution in [2.75, 3.05) is 16.8 Å². The van der Waals surface area contributed by atoms with E-state index in [-0.39, 0.29) is 22.7 Å². The van der Waals surface area contributed by atoms with Gasteiger partial charge in [0.1, 0.15) is 11.4 Å². The first-order chi connectivity index (χ1) is 10.9. The second-order valence-corrected chi connectivity index (χ2v) is 10.0. The first-order valence-corrected chi connectivity index (χ1v) is 10.2. The number of halogens is 2. The molecule has 0 saturated heterocycles. The molecule has 1 aromatic heterocycles. The predicted molar refractivity (Wildman–Crippen MR) is 110 cm³/mol. The zero-order valence-electron chi connectivity index (χ0n) is 14.9. The maximum absolute atomic E-state index is 11.8. The number of carbonyl (C=O) groups excluding carboxylic acids is 1. The molecule has 0 fully saturated rings. The molecule has 0 radical (unpaired) electrons. The Hall–Kier alpha value is -0.280. The molecule has 136 valence electrons. The van der Waals surface area contributed by atoms with Gasteiger partial charge in [-0.15, -0.1) is 11.8 Å². The van der Waals surface area contributed by atoms with Crippen molar-refractivity contribution < 1.29 is 9.53 Å². The lowest BCUT2D eigenvalue weighted by molar-refractivity contribution is -0.151. The highest BCUT2D eigenvalue weighted by molar-refractivity contribution is 14.1. The second kappa shape index (κ2) is 8.89. The molecule has 1 N–H and O–H groups in total. The summed E-state index contributed by atoms with van der Waals surface area (Å²) in [5, 5.41) is 3.65. The fraction of sp³-hybridized carbons (Fsp3) is 0.688. The molecule has 0 spiro atoms. The molecule has 0 saturated carbocycles. The van der Waals surface area contributed by atoms with Crippen molar-refractivity contribution in [3.63, 3.8) is 0 Å². The minimum absolute atomic E-state index is 0.0125. The third-order valence-corrected chi connectivity index (χ3v) is 4.98. The van der Waals surface area contributed by atoms with Crippen LogP contribution in [0.2, 0.25) is 5.28 Å². The van der Waals surface area contributed by atoms with Crippen LogP contribution in [0.5, 0.6) is 0 Å². The number of hydrogen-bond donors (Lipinski definition) is 1. The lowest BCUT2D eigenvalue weighted by Gasteiger charge is -2.32. The summed E-state index contributed by atoms with van der Waals surface area (Å²) < 4.78 is 6.24. The van der Waals surface area contributed by atoms with Crippen LogP contribution in [0, 0.1) is 8.99 Å². The van der Waals surface area contributed by atoms with E-state index in [1.165, 1.54) is 0 Å². The Morgan fingerprint density at radius 3 is 2.54 bits per heavy atom. The molecule has 0 aliphatic heterocycles. The summed E-state index contributed by atoms with van der Waals surface area (Å²) in [6.45, 7) is 12.1. The Morgan fingerprint density at radius 2 is 2.00 bits per heavy atom. The molecule has 0 amide bonds. The Kier molecular flexibility index (Phi) is 8.06. The van der Waals surface area contributed by atoms with Crippen LogP contribution in [0.1, 0.15) is 41.5 Å². The van der Waals surface area contributed by atoms with Crippen LogP contribution >= 0.6 is 46.0 Å². The minimum Gasteiger partial charge on any atom is -0.459 e. The number of aromatic nitrogens is 2. The Bertz CT molecular complexity index is 573. The highest BCUT2D eigenvalue weighted by Gasteiger charge is 2.26. The van der Waals surface area contributed by atoms with Crippen LogP contribution in [-0.4, -0.2) is 39.1 Å². The van der Waals surface area contributed by atoms with E-state index in [0.717, 1.165) is 9.32 Å². The zero-order valence-corrected chi connectivity index (χ0v) is 18.7. The summed E-state index contributed by atoms with van der Waals surface area (Å²) in [5.74, 6) is 1.60. The zero-order chi connectivity index (χ0) is 18.5. The second-order valence-electron chi connectivity index (χ2n) is 7.50. The van der Waals surface area contributed by atoms with Crippen LogP contribution < -0.4 is 5.32 Å². The van der Waals surface area contributed by atoms with Crippen molar-refractivity contribution in [1.29, 1.82) is 0 Å². The van der Waals surface area contributed by atoms with Gasteiger partial charge in [0.25, 0.3) is 0 Å². The Morgan fingerprint density at radius 1 is 1.38 bits per heavy atom. The van der Waals surface area contributed by atoms with Gasteiger partial charge in [-0.2, -0.15) is 4.98 Å². The number of thioether (sulfide) groups is 1. The summed E-state index contributed by atoms with van der Waals surface area (Å²) >= 11 is 9.61. The maximum atomic E-state index is 11.8. The summed E-state index contributed by atoms with van der Waals surface area (Å²) in [5.41, 5.74) is -0.464. The molecule has 0 aliphatic carbocycles. The largest absolute Gasteiger partial charge is 0.459 e. The van der Waals surface area contributed by atoms with Crippen LogP contribution in [0.4, 0.5) is 5.82 Å². The fourth-order valence-electron chi connectivity index (χ4n) is 1.75. The van der Waals surface area contributed by atoms with Crippen molar-refractivity contribution in [2.24, 2.45) is 5.41 Å². The molecule has 0 unspecified atom stereocenters. The average Bonchev–Trinajstić information content (AvgIpc) is 2.38. The molecule has 1 heterocycles. The van der Waals surface area contributed by atoms with Crippen LogP contribution in [0.15, 0.2) is 6.20 Å². The van der Waals surface area contributed by atoms with Gasteiger partial charge < -0.3 is 10.1 Å². The normalized spacial score (nSPS) is 13.5. The van der Waals surface area contributed by atoms with E-state index in [0.29, 0.717) is 11.6 Å². The van der Waals surface area contributed by atoms with Gasteiger partial charge in [-0.3, -0.25) is 4.79 Å². The van der Waals surface area contributed by atoms with Crippen LogP contribution in [-0.2, 0) is 9.53 Å². The third kappa shape index (κ3) is 8.20. The predicted octanol–water partition coefficient (Wildman–Crippen LogP) is 4.64. The average molecular weight is 486 g/mol. The molecule has 5 nitrogen and oxygen atoms in total. The lowest BCUT2D eigenvalue weighted by atomic mass is 9.88. The van der Waals surface area contributed by atoms with E-state index < -0.39 is 5.60 Å². The standard InChI is InChI=1S/C16H25ClIN3O2S/c1-15(2,3)11(8-24-9-12(22)23-16(4,5)6)20-13-10(18)7-19-14(17)21-13/h7,11H,8-9H2,1-6H3,(H,19,20,21)/t11-/m1/s1. The summed E-state index contributed by atoms with van der Waals surface area (Å²) in [6.07, 6.45) is 1.69. The minimum atomic E-state index is -0.451. The number of carbonyl (C=O) groups is 1. The van der Waals surface area contributed by atoms with Gasteiger partial charge >= 0.3 is 5.97 Å². The van der Waals surface area contributed by atoms with Gasteiger partial charge in [0.15, 0.2) is 0 Å². The fourth-order valence-corrected chi connectivity index (χ4v) is 3.46. The molecular weight excluding hydrogens is 461 g/mol. The number of nitrogens with one attached hydrogen (secondary N) is 1. The van der Waals surface area contributed by atoms with Crippen molar-refractivity contribution in [3.05, 3.63) is 15.1 Å². The molecule has 0 aliphatic rings. The van der Waals surface area contributed by atoms with Crippen LogP contribution in [0.25, 0.3) is 0 Å². The number of ether oxygens (including phenoxy) is 1. The molecule has 0 aromatic carbocycles. The van der Waals surface area contributed by atoms with Gasteiger partial charge in [-0.1, -0.05) is 20.8 Å². The molecule has 8 heteroatoms. The SMILES string of the molecule is CC(C)(C)OC(=O)CSC[C@@H](Nc1nc(Cl)ncc1I)C(C)(C)C. The Labute approximate surface area is 167 Å². The summed E-state index contributed by atoms with van der Waals surface area (Å²) in [7, 11) is 0. The van der Waals surface area contributed by atoms with Gasteiger partial charge in [0, 0.05) is 18.0 Å². The molecule has 1 aromatic rings. The molecule has 1 rings (SSSR count). The quantitative estimate of drug-likeness (QED) is 0.360. The number of esters is 1. The third-order valence-electron chi connectivity index (χ3n) is 3.00. The first kappa shape index (κ1) is 21.8. The van der Waals surface area contributed by atoms with Crippen molar-refractivity contribution >= 4 is 57.7 Å². The van der Waals surface area contributed by atoms with E-state index in [4.69, 9.17) is 16.3 Å². The highest BCUT2D eigenvalue weighted by Crippen LogP contribution is 2.27. The van der Waals surface area contributed by atoms with Crippen molar-refractivity contribution in [3.8, 4) is 0 Å². The number of nitrogens with zero attached hydrogens (tertiary/aromatic N) is 2. The van der Waals surface area contributed by atoms with Gasteiger partial charge in [0.05, 0.1) is 9.32 Å². The topological polar surface area (TPSA) is 64.1 Å². The number of anilines is 1. The van der Waals surface area contributed by atoms with E-state index in [1.807, 2.05) is 20.8 Å². The van der Waals surface area contributed by atoms with E-state index in [2.05, 4.69) is 58.6 Å². The summed E-state index contributed by atoms with van der Waals surface area (Å²) in [4.78, 5) is 20.1. The molecule has 0 bridgehead atoms. The number of rotatable bonds is 6. The number of hydrogen-bond acceptors (Lipinski definition) is 6. The maximum Gasteiger partial charge on any atom is 0.316 e. The van der Waals surface area contributed by atoms with E-state index in [1.54, 1.807) is 18.0 Å². The summed E-state index contributed by atoms with van der Waals surface area (Å²) in [6, 6.07) is 0.115. The lowest BCUT2D eigenvalue weighted by Crippen LogP contribution is -2.37. The first-order valence-electron chi connectivity index (χ1n) is 7.62. The van der Waals surface area contributed by atoms with Gasteiger partial charge in [-0.25, -0.2) is 4.98 Å². The smallest absolute Gasteiger partial charge is 0.316 e. The monoisotopic (exact) mass is 485 g/mol. The van der Waals surface area contributed by atoms with Gasteiger partial charge in [0.2, 0.25) is 5.28 Å². The van der Waals surface area contributed by atoms with Crippen LogP contribution in [0.3, 0.4) is 0 Å². The molecule has 1 atom stereocenters. The molecular formula is C16H25ClIN3O2S. The van der Waals surface area contributed by atoms with Crippen molar-refractivity contribution in [1.82, 2.24) is 9.97 Å². The van der Waals surface area contributed by atoms with Gasteiger partial charge in [-0.05, 0) is 60.4 Å². The van der Waals surface area contributed by atoms with Crippen molar-refractivity contribution in [2.45, 2.75) is 53.2 Å². The van der Waals surface area contributed by atoms with E-state index in [9.17, 15) is 4.79 Å². The Balaban J connectivity index is 2.67. The molecule has 24 heavy (non-hydrogen) atoms.